The van der Waals surface area contributed by atoms with Gasteiger partial charge in [0.05, 0.1) is 0 Å². The molecule has 2 rings (SSSR count). The Kier molecular flexibility index (Phi) is 7.31. The quantitative estimate of drug-likeness (QED) is 0.552. The molecule has 1 amide bonds. The summed E-state index contributed by atoms with van der Waals surface area (Å²) in [6, 6.07) is 12.2. The molecule has 0 spiro atoms. The van der Waals surface area contributed by atoms with Crippen molar-refractivity contribution >= 4 is 35.2 Å². The normalized spacial score (nSPS) is 12.0. The van der Waals surface area contributed by atoms with Crippen LogP contribution in [0.2, 0.25) is 5.02 Å². The molecule has 0 fully saturated rings. The molecule has 8 heteroatoms. The van der Waals surface area contributed by atoms with Gasteiger partial charge in [0.1, 0.15) is 5.75 Å². The predicted molar refractivity (Wildman–Crippen MR) is 97.7 cm³/mol. The summed E-state index contributed by atoms with van der Waals surface area (Å²) < 4.78 is 33.4. The van der Waals surface area contributed by atoms with Crippen molar-refractivity contribution in [3.63, 3.8) is 0 Å². The van der Waals surface area contributed by atoms with Gasteiger partial charge in [0.25, 0.3) is 5.91 Å². The number of benzene rings is 2. The highest BCUT2D eigenvalue weighted by Crippen LogP contribution is 2.16. The number of rotatable bonds is 7. The lowest BCUT2D eigenvalue weighted by molar-refractivity contribution is -0.148. The van der Waals surface area contributed by atoms with Gasteiger partial charge in [0.2, 0.25) is 0 Å². The van der Waals surface area contributed by atoms with E-state index in [2.05, 4.69) is 10.1 Å². The predicted octanol–water partition coefficient (Wildman–Crippen LogP) is 4.53. The number of hydrogen-bond donors (Lipinski definition) is 1. The van der Waals surface area contributed by atoms with Crippen molar-refractivity contribution in [2.45, 2.75) is 19.6 Å². The number of anilines is 1. The second-order valence-electron chi connectivity index (χ2n) is 5.36. The van der Waals surface area contributed by atoms with E-state index in [-0.39, 0.29) is 5.75 Å². The standard InChI is InChI=1S/C19H16ClF2NO4/c1-12(18(25)23-15-7-5-14(20)6-8-15)26-17(24)11-4-13-2-9-16(10-3-13)27-19(21)22/h2-12,19H,1H3,(H,23,25)/b11-4+/t12-/m1/s1. The van der Waals surface area contributed by atoms with Crippen molar-refractivity contribution in [1.29, 1.82) is 0 Å². The molecule has 0 saturated carbocycles. The van der Waals surface area contributed by atoms with E-state index in [1.165, 1.54) is 37.3 Å². The molecule has 0 aliphatic carbocycles. The third kappa shape index (κ3) is 7.07. The second-order valence-corrected chi connectivity index (χ2v) is 5.79. The summed E-state index contributed by atoms with van der Waals surface area (Å²) in [6.07, 6.45) is 1.55. The molecule has 0 aliphatic heterocycles. The van der Waals surface area contributed by atoms with E-state index in [1.807, 2.05) is 0 Å². The van der Waals surface area contributed by atoms with Gasteiger partial charge in [-0.2, -0.15) is 8.78 Å². The average Bonchev–Trinajstić information content (AvgIpc) is 2.62. The second kappa shape index (κ2) is 9.68. The first-order valence-electron chi connectivity index (χ1n) is 7.83. The molecule has 0 heterocycles. The number of carbonyl (C=O) groups is 2. The molecular weight excluding hydrogens is 380 g/mol. The Morgan fingerprint density at radius 1 is 1.07 bits per heavy atom. The van der Waals surface area contributed by atoms with E-state index in [9.17, 15) is 18.4 Å². The zero-order valence-corrected chi connectivity index (χ0v) is 15.0. The van der Waals surface area contributed by atoms with E-state index < -0.39 is 24.6 Å². The molecule has 0 unspecified atom stereocenters. The number of nitrogens with one attached hydrogen (secondary N) is 1. The van der Waals surface area contributed by atoms with Crippen molar-refractivity contribution in [3.05, 3.63) is 65.2 Å². The number of esters is 1. The molecule has 27 heavy (non-hydrogen) atoms. The van der Waals surface area contributed by atoms with E-state index >= 15 is 0 Å². The average molecular weight is 396 g/mol. The number of carbonyl (C=O) groups excluding carboxylic acids is 2. The summed E-state index contributed by atoms with van der Waals surface area (Å²) in [4.78, 5) is 23.8. The highest BCUT2D eigenvalue weighted by molar-refractivity contribution is 6.30. The maximum atomic E-state index is 12.1. The van der Waals surface area contributed by atoms with Crippen LogP contribution in [0.15, 0.2) is 54.6 Å². The van der Waals surface area contributed by atoms with Crippen LogP contribution in [0.5, 0.6) is 5.75 Å². The Hall–Kier alpha value is -2.93. The minimum absolute atomic E-state index is 0.0113. The zero-order chi connectivity index (χ0) is 19.8. The number of hydrogen-bond acceptors (Lipinski definition) is 4. The fraction of sp³-hybridized carbons (Fsp3) is 0.158. The molecule has 0 aliphatic rings. The topological polar surface area (TPSA) is 64.6 Å². The zero-order valence-electron chi connectivity index (χ0n) is 14.2. The van der Waals surface area contributed by atoms with Crippen LogP contribution in [0, 0.1) is 0 Å². The third-order valence-electron chi connectivity index (χ3n) is 3.29. The Bertz CT molecular complexity index is 807. The Balaban J connectivity index is 1.85. The van der Waals surface area contributed by atoms with Gasteiger partial charge < -0.3 is 14.8 Å². The van der Waals surface area contributed by atoms with E-state index in [4.69, 9.17) is 16.3 Å². The fourth-order valence-corrected chi connectivity index (χ4v) is 2.09. The number of amides is 1. The number of halogens is 3. The lowest BCUT2D eigenvalue weighted by Gasteiger charge is -2.12. The molecule has 5 nitrogen and oxygen atoms in total. The molecule has 0 saturated heterocycles. The largest absolute Gasteiger partial charge is 0.449 e. The third-order valence-corrected chi connectivity index (χ3v) is 3.54. The van der Waals surface area contributed by atoms with Crippen molar-refractivity contribution in [1.82, 2.24) is 0 Å². The van der Waals surface area contributed by atoms with Crippen LogP contribution in [-0.2, 0) is 14.3 Å². The summed E-state index contributed by atoms with van der Waals surface area (Å²) in [5.41, 5.74) is 1.10. The minimum Gasteiger partial charge on any atom is -0.449 e. The van der Waals surface area contributed by atoms with Crippen LogP contribution in [0.4, 0.5) is 14.5 Å². The lowest BCUT2D eigenvalue weighted by Crippen LogP contribution is -2.29. The van der Waals surface area contributed by atoms with Crippen molar-refractivity contribution in [3.8, 4) is 5.75 Å². The molecule has 1 atom stereocenters. The van der Waals surface area contributed by atoms with Crippen molar-refractivity contribution in [2.75, 3.05) is 5.32 Å². The lowest BCUT2D eigenvalue weighted by atomic mass is 10.2. The van der Waals surface area contributed by atoms with Crippen LogP contribution in [0.1, 0.15) is 12.5 Å². The van der Waals surface area contributed by atoms with E-state index in [1.54, 1.807) is 24.3 Å². The maximum absolute atomic E-state index is 12.1. The van der Waals surface area contributed by atoms with Gasteiger partial charge in [-0.3, -0.25) is 4.79 Å². The summed E-state index contributed by atoms with van der Waals surface area (Å²) in [5.74, 6) is -1.20. The molecule has 142 valence electrons. The Labute approximate surface area is 159 Å². The molecule has 0 radical (unpaired) electrons. The van der Waals surface area contributed by atoms with Gasteiger partial charge >= 0.3 is 12.6 Å². The Morgan fingerprint density at radius 3 is 2.30 bits per heavy atom. The first-order valence-corrected chi connectivity index (χ1v) is 8.21. The molecule has 2 aromatic carbocycles. The highest BCUT2D eigenvalue weighted by Gasteiger charge is 2.16. The van der Waals surface area contributed by atoms with Gasteiger partial charge in [0.15, 0.2) is 6.10 Å². The SMILES string of the molecule is C[C@@H](OC(=O)/C=C/c1ccc(OC(F)F)cc1)C(=O)Nc1ccc(Cl)cc1. The minimum atomic E-state index is -2.90. The van der Waals surface area contributed by atoms with Crippen LogP contribution in [-0.4, -0.2) is 24.6 Å². The molecular formula is C19H16ClF2NO4. The van der Waals surface area contributed by atoms with Crippen molar-refractivity contribution in [2.24, 2.45) is 0 Å². The number of ether oxygens (including phenoxy) is 2. The molecule has 0 bridgehead atoms. The van der Waals surface area contributed by atoms with Gasteiger partial charge in [0, 0.05) is 16.8 Å². The number of alkyl halides is 2. The monoisotopic (exact) mass is 395 g/mol. The van der Waals surface area contributed by atoms with Gasteiger partial charge in [-0.05, 0) is 55.0 Å². The summed E-state index contributed by atoms with van der Waals surface area (Å²) in [5, 5.41) is 3.13. The van der Waals surface area contributed by atoms with E-state index in [0.29, 0.717) is 16.3 Å². The van der Waals surface area contributed by atoms with E-state index in [0.717, 1.165) is 6.08 Å². The summed E-state index contributed by atoms with van der Waals surface area (Å²) in [6.45, 7) is -1.46. The first kappa shape index (κ1) is 20.4. The fourth-order valence-electron chi connectivity index (χ4n) is 1.97. The molecule has 2 aromatic rings. The van der Waals surface area contributed by atoms with Crippen LogP contribution >= 0.6 is 11.6 Å². The van der Waals surface area contributed by atoms with Crippen LogP contribution in [0.25, 0.3) is 6.08 Å². The van der Waals surface area contributed by atoms with Gasteiger partial charge in [-0.15, -0.1) is 0 Å². The first-order chi connectivity index (χ1) is 12.8. The molecule has 0 aromatic heterocycles. The van der Waals surface area contributed by atoms with Crippen LogP contribution in [0.3, 0.4) is 0 Å². The summed E-state index contributed by atoms with van der Waals surface area (Å²) in [7, 11) is 0. The van der Waals surface area contributed by atoms with Gasteiger partial charge in [-0.25, -0.2) is 4.79 Å². The summed E-state index contributed by atoms with van der Waals surface area (Å²) >= 11 is 5.77. The molecule has 1 N–H and O–H groups in total. The maximum Gasteiger partial charge on any atom is 0.387 e. The van der Waals surface area contributed by atoms with Gasteiger partial charge in [-0.1, -0.05) is 23.7 Å². The smallest absolute Gasteiger partial charge is 0.387 e. The van der Waals surface area contributed by atoms with Crippen LogP contribution < -0.4 is 10.1 Å². The van der Waals surface area contributed by atoms with Crippen molar-refractivity contribution < 1.29 is 27.8 Å². The highest BCUT2D eigenvalue weighted by atomic mass is 35.5. The Morgan fingerprint density at radius 2 is 1.70 bits per heavy atom.